The molecule has 0 saturated carbocycles. The van der Waals surface area contributed by atoms with Crippen molar-refractivity contribution in [2.45, 2.75) is 32.2 Å². The Bertz CT molecular complexity index is 800. The number of carbonyl (C=O) groups is 2. The number of rotatable bonds is 5. The molecule has 3 rings (SSSR count). The number of hydrogen-bond acceptors (Lipinski definition) is 4. The largest absolute Gasteiger partial charge is 0.480 e. The van der Waals surface area contributed by atoms with E-state index in [0.717, 1.165) is 41.8 Å². The molecule has 1 fully saturated rings. The van der Waals surface area contributed by atoms with Crippen molar-refractivity contribution in [2.24, 2.45) is 0 Å². The van der Waals surface area contributed by atoms with Crippen LogP contribution in [0.2, 0.25) is 0 Å². The van der Waals surface area contributed by atoms with Crippen molar-refractivity contribution in [1.29, 1.82) is 0 Å². The van der Waals surface area contributed by atoms with Crippen LogP contribution in [0.15, 0.2) is 35.7 Å². The molecule has 1 unspecified atom stereocenters. The molecule has 1 amide bonds. The Morgan fingerprint density at radius 1 is 1.19 bits per heavy atom. The number of likely N-dealkylation sites (tertiary alicyclic amines) is 1. The summed E-state index contributed by atoms with van der Waals surface area (Å²) in [4.78, 5) is 28.7. The molecule has 1 N–H and O–H groups in total. The molecule has 2 aromatic rings. The average Bonchev–Trinajstić information content (AvgIpc) is 2.98. The quantitative estimate of drug-likeness (QED) is 0.850. The average molecular weight is 387 g/mol. The highest BCUT2D eigenvalue weighted by molar-refractivity contribution is 7.12. The van der Waals surface area contributed by atoms with Crippen LogP contribution in [0.25, 0.3) is 11.1 Å². The first-order chi connectivity index (χ1) is 13.0. The van der Waals surface area contributed by atoms with E-state index in [-0.39, 0.29) is 18.5 Å². The molecule has 0 spiro atoms. The second kappa shape index (κ2) is 8.67. The lowest BCUT2D eigenvalue weighted by Crippen LogP contribution is -2.37. The third kappa shape index (κ3) is 4.76. The number of benzene rings is 1. The minimum Gasteiger partial charge on any atom is -0.480 e. The highest BCUT2D eigenvalue weighted by Crippen LogP contribution is 2.30. The maximum atomic E-state index is 13.2. The summed E-state index contributed by atoms with van der Waals surface area (Å²) in [6.07, 6.45) is 2.62. The van der Waals surface area contributed by atoms with Crippen LogP contribution in [0, 0.1) is 6.92 Å². The van der Waals surface area contributed by atoms with E-state index in [9.17, 15) is 9.59 Å². The van der Waals surface area contributed by atoms with Gasteiger partial charge in [0.05, 0.1) is 11.4 Å². The van der Waals surface area contributed by atoms with Crippen molar-refractivity contribution in [1.82, 2.24) is 9.80 Å². The minimum absolute atomic E-state index is 0.0428. The van der Waals surface area contributed by atoms with Gasteiger partial charge in [-0.3, -0.25) is 14.5 Å². The van der Waals surface area contributed by atoms with Crippen molar-refractivity contribution < 1.29 is 14.7 Å². The molecule has 1 aliphatic heterocycles. The van der Waals surface area contributed by atoms with E-state index in [0.29, 0.717) is 6.54 Å². The van der Waals surface area contributed by atoms with Gasteiger partial charge in [-0.15, -0.1) is 11.3 Å². The van der Waals surface area contributed by atoms with E-state index in [1.54, 1.807) is 0 Å². The van der Waals surface area contributed by atoms with Crippen LogP contribution in [0.1, 0.15) is 34.5 Å². The third-order valence-corrected chi connectivity index (χ3v) is 6.12. The zero-order chi connectivity index (χ0) is 19.4. The minimum atomic E-state index is -0.809. The van der Waals surface area contributed by atoms with Crippen molar-refractivity contribution >= 4 is 23.2 Å². The van der Waals surface area contributed by atoms with Gasteiger partial charge in [-0.1, -0.05) is 29.8 Å². The second-order valence-electron chi connectivity index (χ2n) is 7.22. The molecule has 1 aliphatic rings. The predicted octanol–water partition coefficient (Wildman–Crippen LogP) is 3.73. The van der Waals surface area contributed by atoms with Gasteiger partial charge in [0, 0.05) is 24.7 Å². The van der Waals surface area contributed by atoms with Crippen molar-refractivity contribution in [2.75, 3.05) is 26.7 Å². The molecule has 1 aromatic heterocycles. The van der Waals surface area contributed by atoms with Crippen LogP contribution in [0.5, 0.6) is 0 Å². The van der Waals surface area contributed by atoms with Crippen molar-refractivity contribution in [3.63, 3.8) is 0 Å². The van der Waals surface area contributed by atoms with Gasteiger partial charge < -0.3 is 10.0 Å². The van der Waals surface area contributed by atoms with E-state index < -0.39 is 5.97 Å². The number of carboxylic acid groups (broad SMARTS) is 1. The summed E-state index contributed by atoms with van der Waals surface area (Å²) in [7, 11) is 1.85. The summed E-state index contributed by atoms with van der Waals surface area (Å²) >= 11 is 1.49. The van der Waals surface area contributed by atoms with Gasteiger partial charge in [-0.25, -0.2) is 0 Å². The summed E-state index contributed by atoms with van der Waals surface area (Å²) in [6, 6.07) is 10.5. The zero-order valence-electron chi connectivity index (χ0n) is 15.9. The number of amides is 1. The number of carbonyl (C=O) groups excluding carboxylic acids is 1. The Morgan fingerprint density at radius 3 is 2.63 bits per heavy atom. The topological polar surface area (TPSA) is 60.9 Å². The van der Waals surface area contributed by atoms with E-state index in [4.69, 9.17) is 5.11 Å². The number of nitrogens with zero attached hydrogens (tertiary/aromatic N) is 2. The normalized spacial score (nSPS) is 17.7. The molecule has 0 radical (unpaired) electrons. The van der Waals surface area contributed by atoms with Crippen molar-refractivity contribution in [3.05, 3.63) is 46.2 Å². The van der Waals surface area contributed by atoms with Crippen LogP contribution in [0.3, 0.4) is 0 Å². The molecule has 144 valence electrons. The molecule has 0 bridgehead atoms. The molecule has 6 heteroatoms. The SMILES string of the molecule is Cc1ccc(-c2ccsc2C(=O)N2CCCC(N(C)CC(=O)O)CC2)cc1. The summed E-state index contributed by atoms with van der Waals surface area (Å²) in [5, 5.41) is 11.0. The highest BCUT2D eigenvalue weighted by Gasteiger charge is 2.26. The van der Waals surface area contributed by atoms with Gasteiger partial charge in [-0.05, 0) is 50.2 Å². The number of aryl methyl sites for hydroxylation is 1. The molecule has 1 saturated heterocycles. The van der Waals surface area contributed by atoms with E-state index in [2.05, 4.69) is 31.2 Å². The highest BCUT2D eigenvalue weighted by atomic mass is 32.1. The summed E-state index contributed by atoms with van der Waals surface area (Å²) in [5.74, 6) is -0.724. The molecule has 1 atom stereocenters. The molecular weight excluding hydrogens is 360 g/mol. The fourth-order valence-electron chi connectivity index (χ4n) is 3.64. The predicted molar refractivity (Wildman–Crippen MR) is 108 cm³/mol. The van der Waals surface area contributed by atoms with E-state index in [1.807, 2.05) is 28.3 Å². The Labute approximate surface area is 164 Å². The monoisotopic (exact) mass is 386 g/mol. The van der Waals surface area contributed by atoms with Crippen LogP contribution in [0.4, 0.5) is 0 Å². The lowest BCUT2D eigenvalue weighted by molar-refractivity contribution is -0.138. The Kier molecular flexibility index (Phi) is 6.29. The summed E-state index contributed by atoms with van der Waals surface area (Å²) < 4.78 is 0. The fraction of sp³-hybridized carbons (Fsp3) is 0.429. The molecule has 1 aromatic carbocycles. The Balaban J connectivity index is 1.71. The van der Waals surface area contributed by atoms with Gasteiger partial charge in [0.15, 0.2) is 0 Å². The maximum absolute atomic E-state index is 13.2. The fourth-order valence-corrected chi connectivity index (χ4v) is 4.53. The van der Waals surface area contributed by atoms with Crippen LogP contribution >= 0.6 is 11.3 Å². The first-order valence-corrected chi connectivity index (χ1v) is 10.2. The summed E-state index contributed by atoms with van der Waals surface area (Å²) in [5.41, 5.74) is 3.26. The number of aliphatic carboxylic acids is 1. The zero-order valence-corrected chi connectivity index (χ0v) is 16.7. The molecule has 2 heterocycles. The number of hydrogen-bond donors (Lipinski definition) is 1. The van der Waals surface area contributed by atoms with Crippen LogP contribution in [-0.2, 0) is 4.79 Å². The number of carboxylic acids is 1. The molecule has 5 nitrogen and oxygen atoms in total. The first kappa shape index (κ1) is 19.6. The molecule has 0 aliphatic carbocycles. The molecular formula is C21H26N2O3S. The number of thiophene rings is 1. The first-order valence-electron chi connectivity index (χ1n) is 9.31. The Hall–Kier alpha value is -2.18. The van der Waals surface area contributed by atoms with Gasteiger partial charge >= 0.3 is 5.97 Å². The lowest BCUT2D eigenvalue weighted by atomic mass is 10.0. The summed E-state index contributed by atoms with van der Waals surface area (Å²) in [6.45, 7) is 3.49. The van der Waals surface area contributed by atoms with E-state index >= 15 is 0 Å². The smallest absolute Gasteiger partial charge is 0.317 e. The van der Waals surface area contributed by atoms with Gasteiger partial charge in [0.25, 0.3) is 5.91 Å². The second-order valence-corrected chi connectivity index (χ2v) is 8.13. The Morgan fingerprint density at radius 2 is 1.93 bits per heavy atom. The maximum Gasteiger partial charge on any atom is 0.317 e. The van der Waals surface area contributed by atoms with Gasteiger partial charge in [-0.2, -0.15) is 0 Å². The van der Waals surface area contributed by atoms with Crippen molar-refractivity contribution in [3.8, 4) is 11.1 Å². The standard InChI is InChI=1S/C21H26N2O3S/c1-15-5-7-16(8-6-15)18-10-13-27-20(18)21(26)23-11-3-4-17(9-12-23)22(2)14-19(24)25/h5-8,10,13,17H,3-4,9,11-12,14H2,1-2H3,(H,24,25). The molecule has 27 heavy (non-hydrogen) atoms. The van der Waals surface area contributed by atoms with Gasteiger partial charge in [0.1, 0.15) is 0 Å². The van der Waals surface area contributed by atoms with Gasteiger partial charge in [0.2, 0.25) is 0 Å². The van der Waals surface area contributed by atoms with Crippen LogP contribution in [-0.4, -0.2) is 59.5 Å². The third-order valence-electron chi connectivity index (χ3n) is 5.21. The van der Waals surface area contributed by atoms with Crippen LogP contribution < -0.4 is 0 Å². The lowest BCUT2D eigenvalue weighted by Gasteiger charge is -2.25. The number of likely N-dealkylation sites (N-methyl/N-ethyl adjacent to an activating group) is 1. The van der Waals surface area contributed by atoms with E-state index in [1.165, 1.54) is 16.9 Å².